The third-order valence-corrected chi connectivity index (χ3v) is 5.47. The molecule has 0 saturated carbocycles. The molecule has 120 valence electrons. The molecule has 1 aliphatic rings. The molecular formula is C19H23N2OP. The van der Waals surface area contributed by atoms with Gasteiger partial charge in [0.25, 0.3) is 0 Å². The van der Waals surface area contributed by atoms with E-state index in [-0.39, 0.29) is 0 Å². The second kappa shape index (κ2) is 7.61. The predicted octanol–water partition coefficient (Wildman–Crippen LogP) is 3.15. The van der Waals surface area contributed by atoms with Crippen LogP contribution < -0.4 is 10.6 Å². The van der Waals surface area contributed by atoms with Crippen LogP contribution in [-0.2, 0) is 0 Å². The van der Waals surface area contributed by atoms with Crippen LogP contribution in [0.1, 0.15) is 30.4 Å². The molecule has 1 heterocycles. The maximum atomic E-state index is 10.1. The van der Waals surface area contributed by atoms with Gasteiger partial charge in [-0.1, -0.05) is 44.5 Å². The maximum absolute atomic E-state index is 10.1. The van der Waals surface area contributed by atoms with Crippen molar-refractivity contribution < 1.29 is 5.11 Å². The molecule has 2 aromatic rings. The Hall–Kier alpha value is -1.86. The van der Waals surface area contributed by atoms with Gasteiger partial charge in [0.2, 0.25) is 0 Å². The predicted molar refractivity (Wildman–Crippen MR) is 99.9 cm³/mol. The van der Waals surface area contributed by atoms with Crippen molar-refractivity contribution >= 4 is 25.4 Å². The van der Waals surface area contributed by atoms with E-state index in [1.807, 2.05) is 24.4 Å². The molecule has 4 heteroatoms. The molecule has 3 rings (SSSR count). The van der Waals surface area contributed by atoms with Crippen LogP contribution in [0.5, 0.6) is 5.75 Å². The van der Waals surface area contributed by atoms with Gasteiger partial charge in [0.05, 0.1) is 6.21 Å². The van der Waals surface area contributed by atoms with Crippen molar-refractivity contribution in [3.8, 4) is 5.75 Å². The van der Waals surface area contributed by atoms with Crippen molar-refractivity contribution in [2.45, 2.75) is 26.2 Å². The summed E-state index contributed by atoms with van der Waals surface area (Å²) in [6.07, 6.45) is 5.76. The molecule has 0 amide bonds. The van der Waals surface area contributed by atoms with Crippen LogP contribution in [0.2, 0.25) is 0 Å². The zero-order chi connectivity index (χ0) is 16.1. The summed E-state index contributed by atoms with van der Waals surface area (Å²) in [5, 5.41) is 19.1. The largest absolute Gasteiger partial charge is 0.507 e. The first-order valence-electron chi connectivity index (χ1n) is 8.17. The third kappa shape index (κ3) is 4.33. The third-order valence-electron chi connectivity index (χ3n) is 4.07. The van der Waals surface area contributed by atoms with Gasteiger partial charge < -0.3 is 5.11 Å². The zero-order valence-corrected chi connectivity index (χ0v) is 14.5. The molecule has 1 saturated heterocycles. The minimum atomic E-state index is 0.372. The summed E-state index contributed by atoms with van der Waals surface area (Å²) in [6, 6.07) is 14.1. The summed E-state index contributed by atoms with van der Waals surface area (Å²) in [6.45, 7) is 4.16. The van der Waals surface area contributed by atoms with E-state index in [9.17, 15) is 5.11 Å². The molecule has 1 aliphatic heterocycles. The van der Waals surface area contributed by atoms with E-state index >= 15 is 0 Å². The Labute approximate surface area is 139 Å². The van der Waals surface area contributed by atoms with Crippen LogP contribution in [0.4, 0.5) is 0 Å². The van der Waals surface area contributed by atoms with Crippen LogP contribution in [0.25, 0.3) is 0 Å². The molecule has 0 aromatic heterocycles. The fraction of sp³-hybridized carbons (Fsp3) is 0.316. The highest BCUT2D eigenvalue weighted by Gasteiger charge is 2.08. The van der Waals surface area contributed by atoms with Gasteiger partial charge in [0.1, 0.15) is 5.75 Å². The van der Waals surface area contributed by atoms with Crippen LogP contribution in [0.15, 0.2) is 47.6 Å². The molecule has 0 bridgehead atoms. The number of benzene rings is 2. The molecule has 1 fully saturated rings. The average Bonchev–Trinajstić information content (AvgIpc) is 2.58. The standard InChI is InChI=1S/C19H23N2OP/c1-15-9-10-17(22)19(13-15)23-18-8-4-3-7-16(18)14-20-21-11-5-2-6-12-21/h3-4,7-10,13-14,22-23H,2,5-6,11-12H2,1H3. The number of aromatic hydroxyl groups is 1. The summed E-state index contributed by atoms with van der Waals surface area (Å²) in [5.41, 5.74) is 2.31. The Morgan fingerprint density at radius 3 is 2.65 bits per heavy atom. The molecule has 0 aliphatic carbocycles. The quantitative estimate of drug-likeness (QED) is 0.692. The SMILES string of the molecule is Cc1ccc(O)c(Pc2ccccc2C=NN2CCCCC2)c1. The summed E-state index contributed by atoms with van der Waals surface area (Å²) in [5.74, 6) is 0.372. The molecule has 3 nitrogen and oxygen atoms in total. The van der Waals surface area contributed by atoms with Crippen molar-refractivity contribution in [2.24, 2.45) is 5.10 Å². The number of aryl methyl sites for hydroxylation is 1. The van der Waals surface area contributed by atoms with Gasteiger partial charge in [-0.3, -0.25) is 5.01 Å². The van der Waals surface area contributed by atoms with Gasteiger partial charge in [0, 0.05) is 24.0 Å². The number of phenolic OH excluding ortho intramolecular Hbond substituents is 1. The Balaban J connectivity index is 1.80. The van der Waals surface area contributed by atoms with Crippen molar-refractivity contribution in [1.82, 2.24) is 5.01 Å². The lowest BCUT2D eigenvalue weighted by molar-refractivity contribution is 0.240. The highest BCUT2D eigenvalue weighted by molar-refractivity contribution is 7.56. The van der Waals surface area contributed by atoms with Gasteiger partial charge in [-0.05, 0) is 43.6 Å². The fourth-order valence-electron chi connectivity index (χ4n) is 2.76. The van der Waals surface area contributed by atoms with Crippen LogP contribution in [-0.4, -0.2) is 29.4 Å². The first-order valence-corrected chi connectivity index (χ1v) is 9.17. The Morgan fingerprint density at radius 1 is 1.04 bits per heavy atom. The topological polar surface area (TPSA) is 35.8 Å². The Kier molecular flexibility index (Phi) is 5.30. The summed E-state index contributed by atoms with van der Waals surface area (Å²) in [4.78, 5) is 0. The maximum Gasteiger partial charge on any atom is 0.123 e. The summed E-state index contributed by atoms with van der Waals surface area (Å²) in [7, 11) is 0.430. The molecule has 23 heavy (non-hydrogen) atoms. The normalized spacial score (nSPS) is 15.8. The minimum absolute atomic E-state index is 0.372. The average molecular weight is 326 g/mol. The highest BCUT2D eigenvalue weighted by atomic mass is 31.1. The van der Waals surface area contributed by atoms with Crippen molar-refractivity contribution in [3.05, 3.63) is 53.6 Å². The van der Waals surface area contributed by atoms with E-state index in [0.717, 1.165) is 24.0 Å². The zero-order valence-electron chi connectivity index (χ0n) is 13.5. The Bertz CT molecular complexity index is 694. The van der Waals surface area contributed by atoms with Gasteiger partial charge in [0.15, 0.2) is 0 Å². The number of hydrogen-bond donors (Lipinski definition) is 1. The van der Waals surface area contributed by atoms with Crippen molar-refractivity contribution in [3.63, 3.8) is 0 Å². The molecule has 1 N–H and O–H groups in total. The lowest BCUT2D eigenvalue weighted by Gasteiger charge is -2.23. The van der Waals surface area contributed by atoms with Crippen molar-refractivity contribution in [1.29, 1.82) is 0 Å². The van der Waals surface area contributed by atoms with Gasteiger partial charge >= 0.3 is 0 Å². The first kappa shape index (κ1) is 16.0. The second-order valence-corrected chi connectivity index (χ2v) is 7.32. The molecule has 0 spiro atoms. The van der Waals surface area contributed by atoms with E-state index in [1.54, 1.807) is 6.07 Å². The number of piperidine rings is 1. The molecule has 0 radical (unpaired) electrons. The van der Waals surface area contributed by atoms with Gasteiger partial charge in [-0.2, -0.15) is 5.10 Å². The fourth-order valence-corrected chi connectivity index (χ4v) is 4.03. The highest BCUT2D eigenvalue weighted by Crippen LogP contribution is 2.20. The number of nitrogens with zero attached hydrogens (tertiary/aromatic N) is 2. The van der Waals surface area contributed by atoms with E-state index < -0.39 is 0 Å². The first-order chi connectivity index (χ1) is 11.2. The molecule has 1 atom stereocenters. The molecular weight excluding hydrogens is 303 g/mol. The minimum Gasteiger partial charge on any atom is -0.507 e. The number of hydrazone groups is 1. The van der Waals surface area contributed by atoms with Crippen LogP contribution in [0, 0.1) is 6.92 Å². The monoisotopic (exact) mass is 326 g/mol. The van der Waals surface area contributed by atoms with Crippen LogP contribution in [0.3, 0.4) is 0 Å². The van der Waals surface area contributed by atoms with E-state index in [2.05, 4.69) is 35.2 Å². The van der Waals surface area contributed by atoms with E-state index in [4.69, 9.17) is 0 Å². The molecule has 2 aromatic carbocycles. The summed E-state index contributed by atoms with van der Waals surface area (Å²) >= 11 is 0. The second-order valence-electron chi connectivity index (χ2n) is 5.99. The van der Waals surface area contributed by atoms with Gasteiger partial charge in [-0.15, -0.1) is 0 Å². The lowest BCUT2D eigenvalue weighted by Crippen LogP contribution is -2.24. The van der Waals surface area contributed by atoms with E-state index in [1.165, 1.54) is 30.1 Å². The number of hydrogen-bond acceptors (Lipinski definition) is 3. The summed E-state index contributed by atoms with van der Waals surface area (Å²) < 4.78 is 0. The van der Waals surface area contributed by atoms with Crippen molar-refractivity contribution in [2.75, 3.05) is 13.1 Å². The van der Waals surface area contributed by atoms with Gasteiger partial charge in [-0.25, -0.2) is 0 Å². The number of rotatable bonds is 4. The smallest absolute Gasteiger partial charge is 0.123 e. The van der Waals surface area contributed by atoms with Crippen LogP contribution >= 0.6 is 8.58 Å². The Morgan fingerprint density at radius 2 is 1.83 bits per heavy atom. The van der Waals surface area contributed by atoms with E-state index in [0.29, 0.717) is 14.3 Å². The number of phenols is 1. The molecule has 1 unspecified atom stereocenters. The lowest BCUT2D eigenvalue weighted by atomic mass is 10.2.